The van der Waals surface area contributed by atoms with Gasteiger partial charge in [0.25, 0.3) is 0 Å². The fourth-order valence-electron chi connectivity index (χ4n) is 4.26. The second kappa shape index (κ2) is 8.77. The molecule has 0 fully saturated rings. The van der Waals surface area contributed by atoms with Crippen LogP contribution in [0.1, 0.15) is 29.2 Å². The first-order valence-electron chi connectivity index (χ1n) is 10.2. The first kappa shape index (κ1) is 20.9. The number of anilines is 2. The number of methoxy groups -OCH3 is 2. The van der Waals surface area contributed by atoms with Gasteiger partial charge in [-0.25, -0.2) is 0 Å². The summed E-state index contributed by atoms with van der Waals surface area (Å²) < 4.78 is 10.8. The summed E-state index contributed by atoms with van der Waals surface area (Å²) in [6.07, 6.45) is 1.59. The Morgan fingerprint density at radius 2 is 1.90 bits per heavy atom. The van der Waals surface area contributed by atoms with Crippen LogP contribution in [0.4, 0.5) is 11.4 Å². The maximum absolute atomic E-state index is 12.4. The van der Waals surface area contributed by atoms with E-state index < -0.39 is 17.9 Å². The van der Waals surface area contributed by atoms with Crippen LogP contribution in [0.15, 0.2) is 36.4 Å². The van der Waals surface area contributed by atoms with Crippen LogP contribution in [-0.2, 0) is 32.0 Å². The van der Waals surface area contributed by atoms with Gasteiger partial charge in [-0.3, -0.25) is 14.4 Å². The monoisotopic (exact) mass is 423 g/mol. The quantitative estimate of drug-likeness (QED) is 0.693. The van der Waals surface area contributed by atoms with Crippen molar-refractivity contribution < 1.29 is 23.9 Å². The second-order valence-electron chi connectivity index (χ2n) is 7.60. The smallest absolute Gasteiger partial charge is 0.313 e. The van der Waals surface area contributed by atoms with Crippen molar-refractivity contribution in [2.24, 2.45) is 0 Å². The average molecular weight is 423 g/mol. The Morgan fingerprint density at radius 1 is 1.13 bits per heavy atom. The van der Waals surface area contributed by atoms with E-state index in [1.165, 1.54) is 7.11 Å². The van der Waals surface area contributed by atoms with E-state index in [9.17, 15) is 14.4 Å². The minimum atomic E-state index is -0.765. The molecule has 0 aromatic heterocycles. The molecule has 2 aromatic carbocycles. The van der Waals surface area contributed by atoms with Crippen LogP contribution in [0.2, 0.25) is 0 Å². The van der Waals surface area contributed by atoms with Crippen LogP contribution >= 0.6 is 0 Å². The zero-order valence-electron chi connectivity index (χ0n) is 17.6. The van der Waals surface area contributed by atoms with Gasteiger partial charge in [0.2, 0.25) is 5.91 Å². The molecule has 2 heterocycles. The lowest BCUT2D eigenvalue weighted by Gasteiger charge is -2.26. The second-order valence-corrected chi connectivity index (χ2v) is 7.60. The average Bonchev–Trinajstić information content (AvgIpc) is 3.10. The number of ether oxygens (including phenoxy) is 2. The van der Waals surface area contributed by atoms with Crippen LogP contribution in [0.5, 0.6) is 5.75 Å². The van der Waals surface area contributed by atoms with Crippen molar-refractivity contribution in [1.82, 2.24) is 5.32 Å². The molecule has 2 N–H and O–H groups in total. The third-order valence-electron chi connectivity index (χ3n) is 5.69. The summed E-state index contributed by atoms with van der Waals surface area (Å²) in [5, 5.41) is 5.27. The molecule has 0 unspecified atom stereocenters. The van der Waals surface area contributed by atoms with Crippen molar-refractivity contribution in [2.75, 3.05) is 37.5 Å². The number of rotatable bonds is 6. The van der Waals surface area contributed by atoms with Gasteiger partial charge in [0.1, 0.15) is 11.9 Å². The lowest BCUT2D eigenvalue weighted by Crippen LogP contribution is -2.38. The van der Waals surface area contributed by atoms with Gasteiger partial charge in [-0.1, -0.05) is 18.2 Å². The third kappa shape index (κ3) is 4.11. The molecule has 4 rings (SSSR count). The molecule has 3 amide bonds. The summed E-state index contributed by atoms with van der Waals surface area (Å²) in [4.78, 5) is 38.8. The van der Waals surface area contributed by atoms with Gasteiger partial charge in [-0.05, 0) is 42.2 Å². The van der Waals surface area contributed by atoms with Gasteiger partial charge in [0, 0.05) is 31.5 Å². The van der Waals surface area contributed by atoms with Crippen LogP contribution in [-0.4, -0.2) is 45.0 Å². The fraction of sp³-hybridized carbons (Fsp3) is 0.348. The zero-order chi connectivity index (χ0) is 22.0. The molecule has 2 aromatic rings. The number of nitrogens with one attached hydrogen (secondary N) is 2. The fourth-order valence-corrected chi connectivity index (χ4v) is 4.26. The van der Waals surface area contributed by atoms with Crippen molar-refractivity contribution in [3.8, 4) is 5.75 Å². The van der Waals surface area contributed by atoms with Crippen LogP contribution in [0.3, 0.4) is 0 Å². The predicted molar refractivity (Wildman–Crippen MR) is 115 cm³/mol. The number of carbonyl (C=O) groups excluding carboxylic acids is 3. The summed E-state index contributed by atoms with van der Waals surface area (Å²) in [5.74, 6) is -0.800. The molecular weight excluding hydrogens is 398 g/mol. The highest BCUT2D eigenvalue weighted by Gasteiger charge is 2.32. The number of hydrogen-bond acceptors (Lipinski definition) is 5. The van der Waals surface area contributed by atoms with E-state index >= 15 is 0 Å². The molecule has 0 aliphatic carbocycles. The first-order chi connectivity index (χ1) is 15.0. The highest BCUT2D eigenvalue weighted by atomic mass is 16.5. The largest absolute Gasteiger partial charge is 0.496 e. The summed E-state index contributed by atoms with van der Waals surface area (Å²) in [6.45, 7) is 0.849. The number of carbonyl (C=O) groups is 3. The van der Waals surface area contributed by atoms with E-state index in [0.29, 0.717) is 17.9 Å². The molecule has 31 heavy (non-hydrogen) atoms. The predicted octanol–water partition coefficient (Wildman–Crippen LogP) is 1.97. The van der Waals surface area contributed by atoms with Crippen molar-refractivity contribution in [2.45, 2.75) is 25.4 Å². The topological polar surface area (TPSA) is 97.0 Å². The van der Waals surface area contributed by atoms with Gasteiger partial charge in [0.15, 0.2) is 0 Å². The van der Waals surface area contributed by atoms with E-state index in [4.69, 9.17) is 9.47 Å². The van der Waals surface area contributed by atoms with E-state index in [0.717, 1.165) is 41.8 Å². The lowest BCUT2D eigenvalue weighted by atomic mass is 9.99. The molecule has 2 aliphatic rings. The number of benzene rings is 2. The van der Waals surface area contributed by atoms with Gasteiger partial charge in [-0.15, -0.1) is 0 Å². The van der Waals surface area contributed by atoms with Crippen LogP contribution < -0.4 is 20.3 Å². The number of amides is 3. The third-order valence-corrected chi connectivity index (χ3v) is 5.69. The van der Waals surface area contributed by atoms with E-state index in [2.05, 4.69) is 10.6 Å². The SMILES string of the molecule is COc1ccccc1[C@@H](CNC(=O)C(=O)Nc1cc2c3c(c1)CC(=O)N3CCC2)OC. The maximum Gasteiger partial charge on any atom is 0.313 e. The minimum Gasteiger partial charge on any atom is -0.496 e. The molecule has 162 valence electrons. The molecule has 1 atom stereocenters. The summed E-state index contributed by atoms with van der Waals surface area (Å²) in [6, 6.07) is 11.0. The Labute approximate surface area is 180 Å². The summed E-state index contributed by atoms with van der Waals surface area (Å²) >= 11 is 0. The number of hydrogen-bond donors (Lipinski definition) is 2. The molecule has 0 spiro atoms. The van der Waals surface area contributed by atoms with E-state index in [1.807, 2.05) is 35.2 Å². The van der Waals surface area contributed by atoms with E-state index in [-0.39, 0.29) is 12.5 Å². The van der Waals surface area contributed by atoms with Gasteiger partial charge >= 0.3 is 11.8 Å². The maximum atomic E-state index is 12.4. The first-order valence-corrected chi connectivity index (χ1v) is 10.2. The van der Waals surface area contributed by atoms with E-state index in [1.54, 1.807) is 13.2 Å². The Hall–Kier alpha value is -3.39. The summed E-state index contributed by atoms with van der Waals surface area (Å²) in [7, 11) is 3.10. The Kier molecular flexibility index (Phi) is 5.90. The van der Waals surface area contributed by atoms with Gasteiger partial charge in [-0.2, -0.15) is 0 Å². The van der Waals surface area contributed by atoms with Crippen LogP contribution in [0, 0.1) is 0 Å². The summed E-state index contributed by atoms with van der Waals surface area (Å²) in [5.41, 5.74) is 4.20. The van der Waals surface area contributed by atoms with Crippen molar-refractivity contribution in [3.05, 3.63) is 53.1 Å². The lowest BCUT2D eigenvalue weighted by molar-refractivity contribution is -0.136. The Morgan fingerprint density at radius 3 is 2.68 bits per heavy atom. The highest BCUT2D eigenvalue weighted by Crippen LogP contribution is 2.38. The van der Waals surface area contributed by atoms with Crippen molar-refractivity contribution in [3.63, 3.8) is 0 Å². The molecule has 0 bridgehead atoms. The minimum absolute atomic E-state index is 0.0825. The zero-order valence-corrected chi connectivity index (χ0v) is 17.6. The number of aryl methyl sites for hydroxylation is 1. The molecule has 0 saturated heterocycles. The Bertz CT molecular complexity index is 1040. The molecule has 0 radical (unpaired) electrons. The van der Waals surface area contributed by atoms with Crippen molar-refractivity contribution >= 4 is 29.1 Å². The van der Waals surface area contributed by atoms with Gasteiger partial charge in [0.05, 0.1) is 19.2 Å². The molecule has 0 saturated carbocycles. The normalized spacial score (nSPS) is 15.3. The number of para-hydroxylation sites is 1. The standard InChI is InChI=1S/C23H25N3O5/c1-30-18-8-4-3-7-17(18)19(31-2)13-24-22(28)23(29)25-16-10-14-6-5-9-26-20(27)12-15(11-16)21(14)26/h3-4,7-8,10-11,19H,5-6,9,12-13H2,1-2H3,(H,24,28)(H,25,29)/t19-/m1/s1. The van der Waals surface area contributed by atoms with Crippen molar-refractivity contribution in [1.29, 1.82) is 0 Å². The molecule has 8 heteroatoms. The number of nitrogens with zero attached hydrogens (tertiary/aromatic N) is 1. The Balaban J connectivity index is 1.41. The van der Waals surface area contributed by atoms with Crippen LogP contribution in [0.25, 0.3) is 0 Å². The molecule has 2 aliphatic heterocycles. The molecule has 8 nitrogen and oxygen atoms in total. The van der Waals surface area contributed by atoms with Gasteiger partial charge < -0.3 is 25.0 Å². The highest BCUT2D eigenvalue weighted by molar-refractivity contribution is 6.39. The molecular formula is C23H25N3O5.